The Morgan fingerprint density at radius 1 is 1.02 bits per heavy atom. The van der Waals surface area contributed by atoms with Gasteiger partial charge in [0.1, 0.15) is 22.6 Å². The Balaban J connectivity index is 1.50. The molecular formula is C31H35F3N2O7S2. The van der Waals surface area contributed by atoms with Crippen LogP contribution in [0, 0.1) is 0 Å². The van der Waals surface area contributed by atoms with E-state index in [-0.39, 0.29) is 22.0 Å². The fourth-order valence-corrected chi connectivity index (χ4v) is 5.53. The Kier molecular flexibility index (Phi) is 13.6. The number of hydrogen-bond donors (Lipinski definition) is 3. The van der Waals surface area contributed by atoms with Gasteiger partial charge in [-0.05, 0) is 72.9 Å². The molecule has 9 nitrogen and oxygen atoms in total. The maximum atomic E-state index is 12.7. The summed E-state index contributed by atoms with van der Waals surface area (Å²) in [6.45, 7) is 0.400. The third-order valence-electron chi connectivity index (χ3n) is 6.48. The molecule has 3 rings (SSSR count). The Morgan fingerprint density at radius 3 is 2.38 bits per heavy atom. The van der Waals surface area contributed by atoms with E-state index in [0.717, 1.165) is 80.7 Å². The molecule has 0 aliphatic carbocycles. The fourth-order valence-electron chi connectivity index (χ4n) is 4.16. The molecule has 0 saturated carbocycles. The Bertz CT molecular complexity index is 1530. The SMILES string of the molecule is COc1ccc(CCCCCCCCOc2ccc(SC(O)c3cccc(NS(=O)(=O)C(F)(F)F)c3)nc2C=CC(=O)O)cc1. The first-order valence-electron chi connectivity index (χ1n) is 14.1. The summed E-state index contributed by atoms with van der Waals surface area (Å²) in [4.78, 5) is 15.5. The number of pyridine rings is 1. The average molecular weight is 669 g/mol. The summed E-state index contributed by atoms with van der Waals surface area (Å²) in [6.07, 6.45) is 9.35. The van der Waals surface area contributed by atoms with E-state index in [2.05, 4.69) is 17.1 Å². The number of aliphatic hydroxyl groups excluding tert-OH is 1. The van der Waals surface area contributed by atoms with Crippen LogP contribution in [-0.2, 0) is 21.2 Å². The van der Waals surface area contributed by atoms with Crippen molar-refractivity contribution in [3.8, 4) is 11.5 Å². The third-order valence-corrected chi connectivity index (χ3v) is 8.56. The smallest absolute Gasteiger partial charge is 0.497 e. The van der Waals surface area contributed by atoms with E-state index >= 15 is 0 Å². The van der Waals surface area contributed by atoms with E-state index in [9.17, 15) is 31.5 Å². The van der Waals surface area contributed by atoms with Crippen molar-refractivity contribution in [3.05, 3.63) is 83.6 Å². The van der Waals surface area contributed by atoms with Gasteiger partial charge < -0.3 is 19.7 Å². The van der Waals surface area contributed by atoms with Gasteiger partial charge >= 0.3 is 21.5 Å². The number of alkyl halides is 3. The number of aliphatic hydroxyl groups is 1. The lowest BCUT2D eigenvalue weighted by Crippen LogP contribution is -2.29. The molecule has 0 radical (unpaired) electrons. The minimum Gasteiger partial charge on any atom is -0.497 e. The zero-order valence-electron chi connectivity index (χ0n) is 24.5. The number of halogens is 3. The van der Waals surface area contributed by atoms with Crippen molar-refractivity contribution in [1.29, 1.82) is 0 Å². The van der Waals surface area contributed by atoms with Gasteiger partial charge in [-0.25, -0.2) is 9.78 Å². The number of benzene rings is 2. The zero-order chi connectivity index (χ0) is 32.9. The second kappa shape index (κ2) is 17.1. The van der Waals surface area contributed by atoms with Gasteiger partial charge in [-0.2, -0.15) is 21.6 Å². The van der Waals surface area contributed by atoms with Crippen molar-refractivity contribution in [2.45, 2.75) is 60.9 Å². The van der Waals surface area contributed by atoms with Gasteiger partial charge in [0.05, 0.1) is 18.7 Å². The molecule has 1 aromatic heterocycles. The zero-order valence-corrected chi connectivity index (χ0v) is 26.1. The number of rotatable bonds is 18. The highest BCUT2D eigenvalue weighted by Crippen LogP contribution is 2.35. The van der Waals surface area contributed by atoms with Gasteiger partial charge in [0.2, 0.25) is 0 Å². The molecule has 0 bridgehead atoms. The molecule has 0 aliphatic rings. The molecule has 0 spiro atoms. The van der Waals surface area contributed by atoms with Gasteiger partial charge in [0.25, 0.3) is 0 Å². The van der Waals surface area contributed by atoms with Gasteiger partial charge in [0.15, 0.2) is 0 Å². The average Bonchev–Trinajstić information content (AvgIpc) is 2.99. The number of carbonyl (C=O) groups is 1. The lowest BCUT2D eigenvalue weighted by molar-refractivity contribution is -0.131. The summed E-state index contributed by atoms with van der Waals surface area (Å²) in [5.41, 5.74) is -5.57. The van der Waals surface area contributed by atoms with Crippen LogP contribution < -0.4 is 14.2 Å². The van der Waals surface area contributed by atoms with Gasteiger partial charge in [-0.1, -0.05) is 61.7 Å². The predicted molar refractivity (Wildman–Crippen MR) is 167 cm³/mol. The number of thioether (sulfide) groups is 1. The van der Waals surface area contributed by atoms with Crippen molar-refractivity contribution < 1.29 is 46.1 Å². The highest BCUT2D eigenvalue weighted by Gasteiger charge is 2.46. The molecule has 0 aliphatic heterocycles. The normalized spacial score (nSPS) is 12.6. The molecule has 45 heavy (non-hydrogen) atoms. The van der Waals surface area contributed by atoms with Crippen LogP contribution in [0.15, 0.2) is 71.8 Å². The molecule has 0 fully saturated rings. The number of carboxylic acids is 1. The number of ether oxygens (including phenoxy) is 2. The Hall–Kier alpha value is -3.75. The minimum atomic E-state index is -5.63. The minimum absolute atomic E-state index is 0.118. The van der Waals surface area contributed by atoms with Crippen LogP contribution in [-0.4, -0.2) is 48.8 Å². The van der Waals surface area contributed by atoms with Crippen molar-refractivity contribution in [3.63, 3.8) is 0 Å². The molecule has 0 amide bonds. The Morgan fingerprint density at radius 2 is 1.71 bits per heavy atom. The second-order valence-corrected chi connectivity index (χ2v) is 12.7. The van der Waals surface area contributed by atoms with E-state index in [1.54, 1.807) is 19.2 Å². The number of aliphatic carboxylic acids is 1. The van der Waals surface area contributed by atoms with E-state index < -0.39 is 26.9 Å². The molecular weight excluding hydrogens is 633 g/mol. The molecule has 2 aromatic carbocycles. The van der Waals surface area contributed by atoms with E-state index in [0.29, 0.717) is 12.4 Å². The third kappa shape index (κ3) is 11.9. The van der Waals surface area contributed by atoms with Crippen LogP contribution in [0.1, 0.15) is 60.8 Å². The first-order valence-corrected chi connectivity index (χ1v) is 16.5. The van der Waals surface area contributed by atoms with Gasteiger partial charge in [-0.15, -0.1) is 0 Å². The van der Waals surface area contributed by atoms with E-state index in [1.807, 2.05) is 12.1 Å². The van der Waals surface area contributed by atoms with Gasteiger partial charge in [0, 0.05) is 11.8 Å². The highest BCUT2D eigenvalue weighted by atomic mass is 32.2. The lowest BCUT2D eigenvalue weighted by Gasteiger charge is -2.15. The number of carboxylic acid groups (broad SMARTS) is 1. The highest BCUT2D eigenvalue weighted by molar-refractivity contribution is 7.99. The Labute approximate surface area is 264 Å². The van der Waals surface area contributed by atoms with Crippen molar-refractivity contribution in [2.24, 2.45) is 0 Å². The quantitative estimate of drug-likeness (QED) is 0.0557. The number of nitrogens with zero attached hydrogens (tertiary/aromatic N) is 1. The molecule has 3 N–H and O–H groups in total. The summed E-state index contributed by atoms with van der Waals surface area (Å²) < 4.78 is 73.5. The standard InChI is InChI=1S/C31H35F3N2O7S2/c1-42-25-14-12-22(13-15-25)9-6-4-2-3-5-7-20-43-27-17-18-28(35-26(27)16-19-29(37)38)44-30(39)23-10-8-11-24(21-23)36-45(40,41)31(32,33)34/h8,10-19,21,30,36,39H,2-7,9,20H2,1H3,(H,37,38). The number of methoxy groups -OCH3 is 1. The van der Waals surface area contributed by atoms with Gasteiger partial charge in [-0.3, -0.25) is 4.72 Å². The topological polar surface area (TPSA) is 135 Å². The number of nitrogens with one attached hydrogen (secondary N) is 1. The summed E-state index contributed by atoms with van der Waals surface area (Å²) in [5.74, 6) is 0.0150. The molecule has 3 aromatic rings. The first-order chi connectivity index (χ1) is 21.4. The molecule has 244 valence electrons. The maximum absolute atomic E-state index is 12.7. The monoisotopic (exact) mass is 668 g/mol. The molecule has 1 heterocycles. The largest absolute Gasteiger partial charge is 0.516 e. The van der Waals surface area contributed by atoms with Crippen LogP contribution in [0.5, 0.6) is 11.5 Å². The molecule has 14 heteroatoms. The fraction of sp³-hybridized carbons (Fsp3) is 0.355. The first kappa shape index (κ1) is 35.7. The number of aromatic nitrogens is 1. The van der Waals surface area contributed by atoms with E-state index in [4.69, 9.17) is 14.6 Å². The van der Waals surface area contributed by atoms with Crippen LogP contribution in [0.4, 0.5) is 18.9 Å². The van der Waals surface area contributed by atoms with Crippen LogP contribution in [0.3, 0.4) is 0 Å². The summed E-state index contributed by atoms with van der Waals surface area (Å²) in [5, 5.41) is 20.0. The summed E-state index contributed by atoms with van der Waals surface area (Å²) in [7, 11) is -3.98. The molecule has 0 saturated heterocycles. The van der Waals surface area contributed by atoms with Crippen molar-refractivity contribution >= 4 is 39.5 Å². The lowest BCUT2D eigenvalue weighted by atomic mass is 10.0. The van der Waals surface area contributed by atoms with Crippen LogP contribution in [0.25, 0.3) is 6.08 Å². The second-order valence-electron chi connectivity index (χ2n) is 9.92. The summed E-state index contributed by atoms with van der Waals surface area (Å²) in [6, 6.07) is 16.1. The van der Waals surface area contributed by atoms with Crippen molar-refractivity contribution in [2.75, 3.05) is 18.4 Å². The summed E-state index contributed by atoms with van der Waals surface area (Å²) >= 11 is 0.830. The number of sulfonamides is 1. The molecule has 1 atom stereocenters. The number of hydrogen-bond acceptors (Lipinski definition) is 8. The van der Waals surface area contributed by atoms with E-state index in [1.165, 1.54) is 28.5 Å². The number of aryl methyl sites for hydroxylation is 1. The number of unbranched alkanes of at least 4 members (excludes halogenated alkanes) is 5. The van der Waals surface area contributed by atoms with Crippen LogP contribution in [0.2, 0.25) is 0 Å². The number of anilines is 1. The predicted octanol–water partition coefficient (Wildman–Crippen LogP) is 7.19. The van der Waals surface area contributed by atoms with Crippen molar-refractivity contribution in [1.82, 2.24) is 4.98 Å². The molecule has 1 unspecified atom stereocenters. The maximum Gasteiger partial charge on any atom is 0.516 e. The van der Waals surface area contributed by atoms with Crippen LogP contribution >= 0.6 is 11.8 Å².